The van der Waals surface area contributed by atoms with Gasteiger partial charge in [0.2, 0.25) is 0 Å². The maximum Gasteiger partial charge on any atom is 0.325 e. The number of hydrogen-bond donors (Lipinski definition) is 1. The van der Waals surface area contributed by atoms with Gasteiger partial charge in [-0.05, 0) is 12.1 Å². The van der Waals surface area contributed by atoms with Crippen LogP contribution in [0, 0.1) is 0 Å². The summed E-state index contributed by atoms with van der Waals surface area (Å²) in [6.45, 7) is 2.32. The maximum atomic E-state index is 11.7. The van der Waals surface area contributed by atoms with Crippen molar-refractivity contribution in [3.05, 3.63) is 48.3 Å². The molecule has 1 aromatic carbocycles. The fraction of sp³-hybridized carbons (Fsp3) is 0.333. The first-order valence-electron chi connectivity index (χ1n) is 6.92. The van der Waals surface area contributed by atoms with E-state index in [1.165, 1.54) is 0 Å². The minimum atomic E-state index is -0.853. The van der Waals surface area contributed by atoms with Crippen LogP contribution >= 0.6 is 0 Å². The summed E-state index contributed by atoms with van der Waals surface area (Å²) < 4.78 is 7.47. The second-order valence-electron chi connectivity index (χ2n) is 4.93. The van der Waals surface area contributed by atoms with E-state index in [9.17, 15) is 9.90 Å². The zero-order valence-electron chi connectivity index (χ0n) is 11.6. The molecule has 1 aliphatic heterocycles. The summed E-state index contributed by atoms with van der Waals surface area (Å²) in [6, 6.07) is 8.52. The lowest BCUT2D eigenvalue weighted by Crippen LogP contribution is -2.37. The summed E-state index contributed by atoms with van der Waals surface area (Å²) in [5.41, 5.74) is 0.711. The number of nitrogens with zero attached hydrogens (tertiary/aromatic N) is 3. The lowest BCUT2D eigenvalue weighted by Gasteiger charge is -2.26. The summed E-state index contributed by atoms with van der Waals surface area (Å²) in [7, 11) is 0. The molecule has 0 aliphatic carbocycles. The van der Waals surface area contributed by atoms with E-state index in [4.69, 9.17) is 4.74 Å². The summed E-state index contributed by atoms with van der Waals surface area (Å²) >= 11 is 0. The van der Waals surface area contributed by atoms with Crippen molar-refractivity contribution in [3.8, 4) is 5.75 Å². The van der Waals surface area contributed by atoms with E-state index >= 15 is 0 Å². The van der Waals surface area contributed by atoms with Crippen molar-refractivity contribution >= 4 is 5.97 Å². The molecule has 1 atom stereocenters. The third kappa shape index (κ3) is 2.90. The number of para-hydroxylation sites is 1. The number of benzene rings is 1. The summed E-state index contributed by atoms with van der Waals surface area (Å²) in [5, 5.41) is 13.8. The van der Waals surface area contributed by atoms with Crippen LogP contribution in [0.15, 0.2) is 42.7 Å². The molecule has 0 radical (unpaired) electrons. The second-order valence-corrected chi connectivity index (χ2v) is 4.93. The lowest BCUT2D eigenvalue weighted by atomic mass is 10.0. The average Bonchev–Trinajstić information content (AvgIpc) is 2.91. The van der Waals surface area contributed by atoms with Gasteiger partial charge in [0.15, 0.2) is 0 Å². The van der Waals surface area contributed by atoms with Crippen LogP contribution in [0.4, 0.5) is 0 Å². The highest BCUT2D eigenvalue weighted by Crippen LogP contribution is 2.31. The van der Waals surface area contributed by atoms with Crippen LogP contribution in [0.5, 0.6) is 5.75 Å². The van der Waals surface area contributed by atoms with Crippen LogP contribution in [0.2, 0.25) is 0 Å². The number of carbonyl (C=O) groups is 1. The molecule has 0 bridgehead atoms. The Kier molecular flexibility index (Phi) is 3.87. The number of carboxylic acid groups (broad SMARTS) is 1. The van der Waals surface area contributed by atoms with Gasteiger partial charge in [-0.1, -0.05) is 18.2 Å². The van der Waals surface area contributed by atoms with Gasteiger partial charge in [0.05, 0.1) is 6.54 Å². The molecule has 21 heavy (non-hydrogen) atoms. The van der Waals surface area contributed by atoms with Gasteiger partial charge in [-0.2, -0.15) is 5.10 Å². The van der Waals surface area contributed by atoms with Gasteiger partial charge in [0, 0.05) is 31.0 Å². The Hall–Kier alpha value is -2.34. The SMILES string of the molecule is O=C(O)C1c2ccccc2OCCN1CCn1cccn1. The molecule has 0 saturated heterocycles. The molecule has 6 heteroatoms. The maximum absolute atomic E-state index is 11.7. The van der Waals surface area contributed by atoms with Gasteiger partial charge in [-0.3, -0.25) is 14.4 Å². The monoisotopic (exact) mass is 287 g/mol. The van der Waals surface area contributed by atoms with Crippen molar-refractivity contribution in [1.29, 1.82) is 0 Å². The number of ether oxygens (including phenoxy) is 1. The van der Waals surface area contributed by atoms with Crippen LogP contribution in [0.1, 0.15) is 11.6 Å². The molecular formula is C15H17N3O3. The van der Waals surface area contributed by atoms with Crippen molar-refractivity contribution in [2.24, 2.45) is 0 Å². The van der Waals surface area contributed by atoms with Crippen molar-refractivity contribution < 1.29 is 14.6 Å². The molecule has 2 aromatic rings. The topological polar surface area (TPSA) is 67.6 Å². The van der Waals surface area contributed by atoms with E-state index in [2.05, 4.69) is 5.10 Å². The highest BCUT2D eigenvalue weighted by atomic mass is 16.5. The number of rotatable bonds is 4. The van der Waals surface area contributed by atoms with E-state index in [0.717, 1.165) is 0 Å². The van der Waals surface area contributed by atoms with Crippen LogP contribution in [0.3, 0.4) is 0 Å². The molecule has 6 nitrogen and oxygen atoms in total. The molecule has 2 heterocycles. The highest BCUT2D eigenvalue weighted by Gasteiger charge is 2.31. The number of aliphatic carboxylic acids is 1. The highest BCUT2D eigenvalue weighted by molar-refractivity contribution is 5.76. The van der Waals surface area contributed by atoms with E-state index in [-0.39, 0.29) is 0 Å². The van der Waals surface area contributed by atoms with Crippen LogP contribution in [0.25, 0.3) is 0 Å². The third-order valence-electron chi connectivity index (χ3n) is 3.62. The number of hydrogen-bond acceptors (Lipinski definition) is 4. The summed E-state index contributed by atoms with van der Waals surface area (Å²) in [5.74, 6) is -0.195. The molecule has 1 aliphatic rings. The normalized spacial score (nSPS) is 18.6. The Morgan fingerprint density at radius 1 is 1.33 bits per heavy atom. The predicted octanol–water partition coefficient (Wildman–Crippen LogP) is 1.40. The molecule has 1 aromatic heterocycles. The molecule has 0 amide bonds. The van der Waals surface area contributed by atoms with Crippen molar-refractivity contribution in [3.63, 3.8) is 0 Å². The van der Waals surface area contributed by atoms with Crippen molar-refractivity contribution in [2.45, 2.75) is 12.6 Å². The van der Waals surface area contributed by atoms with E-state index in [1.807, 2.05) is 41.4 Å². The average molecular weight is 287 g/mol. The van der Waals surface area contributed by atoms with Crippen molar-refractivity contribution in [2.75, 3.05) is 19.7 Å². The Labute approximate surface area is 122 Å². The minimum Gasteiger partial charge on any atom is -0.492 e. The second kappa shape index (κ2) is 5.97. The molecule has 1 unspecified atom stereocenters. The molecule has 0 saturated carbocycles. The first-order chi connectivity index (χ1) is 10.3. The zero-order chi connectivity index (χ0) is 14.7. The molecule has 1 N–H and O–H groups in total. The number of carboxylic acids is 1. The van der Waals surface area contributed by atoms with Crippen LogP contribution < -0.4 is 4.74 Å². The number of aromatic nitrogens is 2. The zero-order valence-corrected chi connectivity index (χ0v) is 11.6. The van der Waals surface area contributed by atoms with Crippen LogP contribution in [-0.4, -0.2) is 45.5 Å². The van der Waals surface area contributed by atoms with E-state index in [1.54, 1.807) is 10.9 Å². The Balaban J connectivity index is 1.83. The lowest BCUT2D eigenvalue weighted by molar-refractivity contribution is -0.143. The summed E-state index contributed by atoms with van der Waals surface area (Å²) in [4.78, 5) is 13.6. The van der Waals surface area contributed by atoms with E-state index in [0.29, 0.717) is 37.6 Å². The minimum absolute atomic E-state index is 0.486. The van der Waals surface area contributed by atoms with Gasteiger partial charge in [0.25, 0.3) is 0 Å². The van der Waals surface area contributed by atoms with Gasteiger partial charge < -0.3 is 9.84 Å². The number of fused-ring (bicyclic) bond motifs is 1. The molecule has 0 fully saturated rings. The smallest absolute Gasteiger partial charge is 0.325 e. The van der Waals surface area contributed by atoms with Gasteiger partial charge in [-0.15, -0.1) is 0 Å². The molecule has 110 valence electrons. The Morgan fingerprint density at radius 2 is 2.19 bits per heavy atom. The van der Waals surface area contributed by atoms with Gasteiger partial charge in [0.1, 0.15) is 18.4 Å². The molecule has 3 rings (SSSR count). The first-order valence-corrected chi connectivity index (χ1v) is 6.92. The standard InChI is InChI=1S/C15H17N3O3/c19-15(20)14-12-4-1-2-5-13(12)21-11-10-17(14)8-9-18-7-3-6-16-18/h1-7,14H,8-11H2,(H,19,20). The fourth-order valence-corrected chi connectivity index (χ4v) is 2.63. The summed E-state index contributed by atoms with van der Waals surface area (Å²) in [6.07, 6.45) is 3.59. The van der Waals surface area contributed by atoms with E-state index < -0.39 is 12.0 Å². The van der Waals surface area contributed by atoms with Crippen LogP contribution in [-0.2, 0) is 11.3 Å². The quantitative estimate of drug-likeness (QED) is 0.920. The Bertz CT molecular complexity index is 612. The molecule has 0 spiro atoms. The van der Waals surface area contributed by atoms with Gasteiger partial charge >= 0.3 is 5.97 Å². The fourth-order valence-electron chi connectivity index (χ4n) is 2.63. The predicted molar refractivity (Wildman–Crippen MR) is 76.1 cm³/mol. The largest absolute Gasteiger partial charge is 0.492 e. The Morgan fingerprint density at radius 3 is 2.95 bits per heavy atom. The third-order valence-corrected chi connectivity index (χ3v) is 3.62. The molecular weight excluding hydrogens is 270 g/mol. The van der Waals surface area contributed by atoms with Gasteiger partial charge in [-0.25, -0.2) is 0 Å². The van der Waals surface area contributed by atoms with Crippen molar-refractivity contribution in [1.82, 2.24) is 14.7 Å². The first kappa shape index (κ1) is 13.6.